The summed E-state index contributed by atoms with van der Waals surface area (Å²) in [6.07, 6.45) is 2.75. The van der Waals surface area contributed by atoms with E-state index in [1.807, 2.05) is 24.0 Å². The molecule has 0 atom stereocenters. The number of aryl methyl sites for hydroxylation is 4. The molecule has 3 rings (SSSR count). The number of aromatic amines is 1. The Labute approximate surface area is 116 Å². The van der Waals surface area contributed by atoms with Crippen LogP contribution in [0.4, 0.5) is 0 Å². The fourth-order valence-corrected chi connectivity index (χ4v) is 2.66. The van der Waals surface area contributed by atoms with Gasteiger partial charge in [0.1, 0.15) is 0 Å². The Morgan fingerprint density at radius 2 is 2.16 bits per heavy atom. The van der Waals surface area contributed by atoms with Crippen LogP contribution >= 0.6 is 12.2 Å². The molecule has 0 aliphatic heterocycles. The third-order valence-electron chi connectivity index (χ3n) is 3.44. The first-order chi connectivity index (χ1) is 9.15. The molecule has 0 bridgehead atoms. The van der Waals surface area contributed by atoms with E-state index < -0.39 is 0 Å². The second-order valence-electron chi connectivity index (χ2n) is 4.80. The van der Waals surface area contributed by atoms with Crippen LogP contribution in [0.25, 0.3) is 11.0 Å². The van der Waals surface area contributed by atoms with Gasteiger partial charge in [0.05, 0.1) is 11.0 Å². The Morgan fingerprint density at radius 3 is 2.89 bits per heavy atom. The lowest BCUT2D eigenvalue weighted by molar-refractivity contribution is 0.642. The van der Waals surface area contributed by atoms with Gasteiger partial charge in [-0.1, -0.05) is 6.07 Å². The Balaban J connectivity index is 1.96. The van der Waals surface area contributed by atoms with Gasteiger partial charge in [-0.05, 0) is 42.9 Å². The molecule has 2 aromatic heterocycles. The van der Waals surface area contributed by atoms with Crippen molar-refractivity contribution in [2.75, 3.05) is 0 Å². The van der Waals surface area contributed by atoms with E-state index in [0.29, 0.717) is 0 Å². The zero-order valence-electron chi connectivity index (χ0n) is 11.1. The van der Waals surface area contributed by atoms with E-state index in [2.05, 4.69) is 39.8 Å². The molecule has 0 saturated heterocycles. The van der Waals surface area contributed by atoms with Crippen molar-refractivity contribution in [3.8, 4) is 0 Å². The maximum atomic E-state index is 5.41. The number of benzene rings is 1. The monoisotopic (exact) mass is 272 g/mol. The van der Waals surface area contributed by atoms with Crippen LogP contribution in [0.2, 0.25) is 0 Å². The Bertz CT molecular complexity index is 778. The smallest absolute Gasteiger partial charge is 0.178 e. The summed E-state index contributed by atoms with van der Waals surface area (Å²) in [4.78, 5) is 3.25. The topological polar surface area (TPSA) is 38.5 Å². The highest BCUT2D eigenvalue weighted by atomic mass is 32.1. The van der Waals surface area contributed by atoms with E-state index in [4.69, 9.17) is 12.2 Å². The highest BCUT2D eigenvalue weighted by Crippen LogP contribution is 2.16. The molecule has 1 aromatic carbocycles. The number of hydrogen-bond donors (Lipinski definition) is 1. The number of nitrogens with one attached hydrogen (secondary N) is 1. The predicted molar refractivity (Wildman–Crippen MR) is 78.8 cm³/mol. The Morgan fingerprint density at radius 1 is 1.32 bits per heavy atom. The molecule has 0 spiro atoms. The van der Waals surface area contributed by atoms with Crippen LogP contribution in [-0.4, -0.2) is 19.3 Å². The van der Waals surface area contributed by atoms with E-state index in [1.165, 1.54) is 16.8 Å². The zero-order chi connectivity index (χ0) is 13.4. The number of imidazole rings is 1. The van der Waals surface area contributed by atoms with Gasteiger partial charge in [0.25, 0.3) is 0 Å². The number of nitrogens with zero attached hydrogens (tertiary/aromatic N) is 3. The second kappa shape index (κ2) is 4.66. The number of aromatic nitrogens is 4. The first-order valence-electron chi connectivity index (χ1n) is 6.31. The number of H-pyrrole nitrogens is 1. The van der Waals surface area contributed by atoms with Crippen LogP contribution in [0.3, 0.4) is 0 Å². The van der Waals surface area contributed by atoms with Crippen molar-refractivity contribution in [2.24, 2.45) is 7.05 Å². The maximum absolute atomic E-state index is 5.41. The van der Waals surface area contributed by atoms with Crippen molar-refractivity contribution in [1.82, 2.24) is 19.3 Å². The number of rotatable bonds is 3. The molecular weight excluding hydrogens is 256 g/mol. The van der Waals surface area contributed by atoms with Crippen molar-refractivity contribution in [3.05, 3.63) is 46.5 Å². The molecule has 0 aliphatic carbocycles. The van der Waals surface area contributed by atoms with Crippen LogP contribution in [0.15, 0.2) is 30.5 Å². The summed E-state index contributed by atoms with van der Waals surface area (Å²) in [7, 11) is 1.97. The molecule has 98 valence electrons. The normalized spacial score (nSPS) is 11.3. The van der Waals surface area contributed by atoms with E-state index >= 15 is 0 Å². The molecular formula is C14H16N4S. The summed E-state index contributed by atoms with van der Waals surface area (Å²) in [6, 6.07) is 8.40. The summed E-state index contributed by atoms with van der Waals surface area (Å²) >= 11 is 5.41. The second-order valence-corrected chi connectivity index (χ2v) is 5.19. The van der Waals surface area contributed by atoms with E-state index in [-0.39, 0.29) is 0 Å². The van der Waals surface area contributed by atoms with Gasteiger partial charge in [-0.3, -0.25) is 4.68 Å². The summed E-state index contributed by atoms with van der Waals surface area (Å²) in [6.45, 7) is 2.96. The first kappa shape index (κ1) is 12.2. The van der Waals surface area contributed by atoms with Crippen molar-refractivity contribution in [2.45, 2.75) is 19.9 Å². The minimum atomic E-state index is 0.780. The van der Waals surface area contributed by atoms with Gasteiger partial charge in [0.15, 0.2) is 4.77 Å². The van der Waals surface area contributed by atoms with Gasteiger partial charge in [0, 0.05) is 31.9 Å². The lowest BCUT2D eigenvalue weighted by atomic mass is 10.2. The molecule has 0 radical (unpaired) electrons. The molecule has 0 saturated carbocycles. The summed E-state index contributed by atoms with van der Waals surface area (Å²) in [5, 5.41) is 4.19. The molecule has 4 nitrogen and oxygen atoms in total. The fraction of sp³-hybridized carbons (Fsp3) is 0.286. The average molecular weight is 272 g/mol. The molecule has 5 heteroatoms. The minimum absolute atomic E-state index is 0.780. The van der Waals surface area contributed by atoms with Crippen molar-refractivity contribution >= 4 is 23.3 Å². The Hall–Kier alpha value is -1.88. The quantitative estimate of drug-likeness (QED) is 0.744. The van der Waals surface area contributed by atoms with Crippen LogP contribution in [0.1, 0.15) is 11.3 Å². The Kier molecular flexibility index (Phi) is 2.98. The fourth-order valence-electron chi connectivity index (χ4n) is 2.36. The summed E-state index contributed by atoms with van der Waals surface area (Å²) < 4.78 is 4.84. The van der Waals surface area contributed by atoms with Gasteiger partial charge in [-0.2, -0.15) is 5.10 Å². The molecule has 0 fully saturated rings. The number of hydrogen-bond acceptors (Lipinski definition) is 2. The van der Waals surface area contributed by atoms with E-state index in [9.17, 15) is 0 Å². The molecule has 3 aromatic rings. The van der Waals surface area contributed by atoms with E-state index in [1.54, 1.807) is 0 Å². The highest BCUT2D eigenvalue weighted by Gasteiger charge is 2.06. The summed E-state index contributed by atoms with van der Waals surface area (Å²) in [5.74, 6) is 0. The molecule has 0 aliphatic rings. The lowest BCUT2D eigenvalue weighted by Gasteiger charge is -2.05. The van der Waals surface area contributed by atoms with Gasteiger partial charge in [-0.25, -0.2) is 0 Å². The SMILES string of the molecule is Cc1ccc2[nH]c(=S)n(CCc3ccnn3C)c2c1. The third-order valence-corrected chi connectivity index (χ3v) is 3.77. The summed E-state index contributed by atoms with van der Waals surface area (Å²) in [5.41, 5.74) is 4.73. The van der Waals surface area contributed by atoms with Gasteiger partial charge in [-0.15, -0.1) is 0 Å². The predicted octanol–water partition coefficient (Wildman–Crippen LogP) is 2.98. The van der Waals surface area contributed by atoms with Crippen molar-refractivity contribution in [1.29, 1.82) is 0 Å². The molecule has 0 amide bonds. The van der Waals surface area contributed by atoms with Crippen LogP contribution in [0, 0.1) is 11.7 Å². The van der Waals surface area contributed by atoms with Gasteiger partial charge >= 0.3 is 0 Å². The number of fused-ring (bicyclic) bond motifs is 1. The lowest BCUT2D eigenvalue weighted by Crippen LogP contribution is -2.05. The van der Waals surface area contributed by atoms with Crippen molar-refractivity contribution in [3.63, 3.8) is 0 Å². The third kappa shape index (κ3) is 2.21. The highest BCUT2D eigenvalue weighted by molar-refractivity contribution is 7.71. The zero-order valence-corrected chi connectivity index (χ0v) is 11.9. The largest absolute Gasteiger partial charge is 0.331 e. The molecule has 0 unspecified atom stereocenters. The molecule has 1 N–H and O–H groups in total. The minimum Gasteiger partial charge on any atom is -0.331 e. The van der Waals surface area contributed by atoms with Crippen LogP contribution in [0.5, 0.6) is 0 Å². The molecule has 2 heterocycles. The molecule has 19 heavy (non-hydrogen) atoms. The van der Waals surface area contributed by atoms with Crippen LogP contribution < -0.4 is 0 Å². The van der Waals surface area contributed by atoms with E-state index in [0.717, 1.165) is 23.3 Å². The maximum Gasteiger partial charge on any atom is 0.178 e. The van der Waals surface area contributed by atoms with Gasteiger partial charge in [0.2, 0.25) is 0 Å². The average Bonchev–Trinajstić information content (AvgIpc) is 2.90. The van der Waals surface area contributed by atoms with Crippen molar-refractivity contribution < 1.29 is 0 Å². The standard InChI is InChI=1S/C14H16N4S/c1-10-3-4-12-13(9-10)18(14(19)16-12)8-6-11-5-7-15-17(11)2/h3-5,7,9H,6,8H2,1-2H3,(H,16,19). The van der Waals surface area contributed by atoms with Crippen LogP contribution in [-0.2, 0) is 20.0 Å². The first-order valence-corrected chi connectivity index (χ1v) is 6.72. The van der Waals surface area contributed by atoms with Gasteiger partial charge < -0.3 is 9.55 Å².